The molecule has 0 aliphatic heterocycles. The van der Waals surface area contributed by atoms with Gasteiger partial charge >= 0.3 is 0 Å². The van der Waals surface area contributed by atoms with Crippen LogP contribution < -0.4 is 14.2 Å². The molecule has 0 spiro atoms. The van der Waals surface area contributed by atoms with Crippen molar-refractivity contribution >= 4 is 31.4 Å². The van der Waals surface area contributed by atoms with E-state index in [0.717, 1.165) is 49.1 Å². The molecule has 1 fully saturated rings. The fourth-order valence-corrected chi connectivity index (χ4v) is 4.19. The molecule has 0 unspecified atom stereocenters. The van der Waals surface area contributed by atoms with Crippen LogP contribution in [-0.4, -0.2) is 52.8 Å². The normalized spacial score (nSPS) is 11.4. The van der Waals surface area contributed by atoms with Crippen molar-refractivity contribution in [3.63, 3.8) is 0 Å². The number of methoxy groups -OCH3 is 3. The second-order valence-electron chi connectivity index (χ2n) is 10.5. The summed E-state index contributed by atoms with van der Waals surface area (Å²) in [6.07, 6.45) is 10.2. The molecule has 49 heavy (non-hydrogen) atoms. The molecule has 0 heterocycles. The Kier molecular flexibility index (Phi) is 20.9. The SMILES string of the molecule is COc1ccc(C=O)c(C)c1.COc1ccc(C=O)cc1F.COc1cccc(C=O)c1.O=CC1CCCCC1.O=Cc1ccc(F)cc1. The summed E-state index contributed by atoms with van der Waals surface area (Å²) >= 11 is 0. The number of carbonyl (C=O) groups excluding carboxylic acids is 5. The molecule has 260 valence electrons. The van der Waals surface area contributed by atoms with Crippen LogP contribution in [0.25, 0.3) is 0 Å². The Morgan fingerprint density at radius 1 is 0.592 bits per heavy atom. The molecule has 5 rings (SSSR count). The largest absolute Gasteiger partial charge is 0.497 e. The van der Waals surface area contributed by atoms with Gasteiger partial charge in [-0.1, -0.05) is 31.4 Å². The maximum Gasteiger partial charge on any atom is 0.165 e. The molecule has 0 atom stereocenters. The van der Waals surface area contributed by atoms with Crippen molar-refractivity contribution < 1.29 is 47.0 Å². The highest BCUT2D eigenvalue weighted by molar-refractivity contribution is 5.77. The van der Waals surface area contributed by atoms with Gasteiger partial charge in [0.25, 0.3) is 0 Å². The van der Waals surface area contributed by atoms with Gasteiger partial charge < -0.3 is 19.0 Å². The summed E-state index contributed by atoms with van der Waals surface area (Å²) in [7, 11) is 4.55. The first-order valence-electron chi connectivity index (χ1n) is 15.3. The fourth-order valence-electron chi connectivity index (χ4n) is 4.19. The van der Waals surface area contributed by atoms with Crippen LogP contribution in [0.15, 0.2) is 84.9 Å². The van der Waals surface area contributed by atoms with Gasteiger partial charge in [0, 0.05) is 28.2 Å². The predicted octanol–water partition coefficient (Wildman–Crippen LogP) is 8.37. The Morgan fingerprint density at radius 2 is 1.16 bits per heavy atom. The summed E-state index contributed by atoms with van der Waals surface area (Å²) in [5.41, 5.74) is 3.10. The molecule has 4 aromatic carbocycles. The minimum atomic E-state index is -0.517. The van der Waals surface area contributed by atoms with E-state index in [4.69, 9.17) is 9.47 Å². The van der Waals surface area contributed by atoms with Gasteiger partial charge in [-0.15, -0.1) is 0 Å². The fraction of sp³-hybridized carbons (Fsp3) is 0.256. The molecule has 0 saturated heterocycles. The first-order chi connectivity index (χ1) is 23.7. The monoisotopic (exact) mass is 676 g/mol. The molecule has 4 aromatic rings. The van der Waals surface area contributed by atoms with E-state index in [0.29, 0.717) is 46.5 Å². The summed E-state index contributed by atoms with van der Waals surface area (Å²) in [4.78, 5) is 50.9. The standard InChI is InChI=1S/C9H10O2.C8H7FO2.C8H8O2.C7H5FO.C7H12O/c1-7-5-9(11-2)4-3-8(7)6-10;1-11-8-3-2-6(5-10)4-7(8)9;1-10-8-4-2-3-7(5-8)6-9;8-7-3-1-6(5-9)2-4-7;8-6-7-4-2-1-3-5-7/h3-6H,1-2H3;2-5H,1H3;2-6H,1H3;1-5H;6-7H,1-5H2. The molecule has 1 saturated carbocycles. The Hall–Kier alpha value is -5.51. The first kappa shape index (κ1) is 41.5. The Labute approximate surface area is 286 Å². The Balaban J connectivity index is 0.000000308. The molecule has 1 aliphatic rings. The van der Waals surface area contributed by atoms with Crippen molar-refractivity contribution in [1.82, 2.24) is 0 Å². The van der Waals surface area contributed by atoms with Crippen LogP contribution in [0.1, 0.15) is 79.1 Å². The van der Waals surface area contributed by atoms with Crippen molar-refractivity contribution in [2.45, 2.75) is 39.0 Å². The van der Waals surface area contributed by atoms with E-state index in [1.807, 2.05) is 13.0 Å². The zero-order chi connectivity index (χ0) is 36.4. The molecular weight excluding hydrogens is 634 g/mol. The third-order valence-electron chi connectivity index (χ3n) is 6.99. The zero-order valence-corrected chi connectivity index (χ0v) is 28.1. The lowest BCUT2D eigenvalue weighted by Crippen LogP contribution is -2.06. The number of rotatable bonds is 8. The van der Waals surface area contributed by atoms with Crippen molar-refractivity contribution in [2.24, 2.45) is 5.92 Å². The van der Waals surface area contributed by atoms with E-state index in [-0.39, 0.29) is 11.6 Å². The maximum atomic E-state index is 12.8. The Morgan fingerprint density at radius 3 is 1.63 bits per heavy atom. The molecule has 0 bridgehead atoms. The average molecular weight is 677 g/mol. The van der Waals surface area contributed by atoms with Gasteiger partial charge in [-0.2, -0.15) is 0 Å². The smallest absolute Gasteiger partial charge is 0.165 e. The number of halogens is 2. The molecule has 0 radical (unpaired) electrons. The summed E-state index contributed by atoms with van der Waals surface area (Å²) in [6.45, 7) is 1.88. The molecule has 8 nitrogen and oxygen atoms in total. The van der Waals surface area contributed by atoms with Crippen LogP contribution in [0.5, 0.6) is 17.2 Å². The molecule has 0 N–H and O–H groups in total. The van der Waals surface area contributed by atoms with Gasteiger partial charge in [0.1, 0.15) is 48.7 Å². The number of benzene rings is 4. The molecule has 10 heteroatoms. The minimum absolute atomic E-state index is 0.149. The summed E-state index contributed by atoms with van der Waals surface area (Å²) in [5, 5.41) is 0. The van der Waals surface area contributed by atoms with Crippen LogP contribution in [0, 0.1) is 24.5 Å². The zero-order valence-electron chi connectivity index (χ0n) is 28.1. The van der Waals surface area contributed by atoms with E-state index in [9.17, 15) is 32.8 Å². The number of hydrogen-bond acceptors (Lipinski definition) is 8. The molecular formula is C39H42F2O8. The highest BCUT2D eigenvalue weighted by Gasteiger charge is 2.10. The van der Waals surface area contributed by atoms with E-state index in [1.165, 1.54) is 62.8 Å². The van der Waals surface area contributed by atoms with Crippen molar-refractivity contribution in [3.05, 3.63) is 124 Å². The summed E-state index contributed by atoms with van der Waals surface area (Å²) in [6, 6.07) is 21.8. The van der Waals surface area contributed by atoms with Crippen LogP contribution >= 0.6 is 0 Å². The molecule has 1 aliphatic carbocycles. The highest BCUT2D eigenvalue weighted by Crippen LogP contribution is 2.21. The van der Waals surface area contributed by atoms with Crippen molar-refractivity contribution in [1.29, 1.82) is 0 Å². The van der Waals surface area contributed by atoms with Gasteiger partial charge in [-0.25, -0.2) is 8.78 Å². The average Bonchev–Trinajstić information content (AvgIpc) is 3.16. The topological polar surface area (TPSA) is 113 Å². The maximum absolute atomic E-state index is 12.8. The first-order valence-corrected chi connectivity index (χ1v) is 15.3. The van der Waals surface area contributed by atoms with Gasteiger partial charge in [-0.3, -0.25) is 19.2 Å². The van der Waals surface area contributed by atoms with E-state index >= 15 is 0 Å². The lowest BCUT2D eigenvalue weighted by Gasteiger charge is -2.14. The molecule has 0 amide bonds. The highest BCUT2D eigenvalue weighted by atomic mass is 19.1. The van der Waals surface area contributed by atoms with Crippen LogP contribution in [-0.2, 0) is 4.79 Å². The summed E-state index contributed by atoms with van der Waals surface area (Å²) in [5.74, 6) is 1.22. The van der Waals surface area contributed by atoms with Crippen LogP contribution in [0.3, 0.4) is 0 Å². The number of carbonyl (C=O) groups is 5. The van der Waals surface area contributed by atoms with E-state index < -0.39 is 5.82 Å². The van der Waals surface area contributed by atoms with E-state index in [1.54, 1.807) is 50.6 Å². The molecule has 0 aromatic heterocycles. The quantitative estimate of drug-likeness (QED) is 0.171. The predicted molar refractivity (Wildman–Crippen MR) is 184 cm³/mol. The van der Waals surface area contributed by atoms with E-state index in [2.05, 4.69) is 4.74 Å². The minimum Gasteiger partial charge on any atom is -0.497 e. The number of aldehydes is 5. The van der Waals surface area contributed by atoms with Crippen molar-refractivity contribution in [3.8, 4) is 17.2 Å². The number of hydrogen-bond donors (Lipinski definition) is 0. The number of ether oxygens (including phenoxy) is 3. The summed E-state index contributed by atoms with van der Waals surface area (Å²) < 4.78 is 39.4. The van der Waals surface area contributed by atoms with Gasteiger partial charge in [-0.05, 0) is 98.1 Å². The van der Waals surface area contributed by atoms with Gasteiger partial charge in [0.05, 0.1) is 21.3 Å². The third-order valence-corrected chi connectivity index (χ3v) is 6.99. The van der Waals surface area contributed by atoms with Crippen molar-refractivity contribution in [2.75, 3.05) is 21.3 Å². The lowest BCUT2D eigenvalue weighted by atomic mass is 9.91. The van der Waals surface area contributed by atoms with Gasteiger partial charge in [0.15, 0.2) is 11.6 Å². The third kappa shape index (κ3) is 16.7. The lowest BCUT2D eigenvalue weighted by molar-refractivity contribution is -0.111. The Bertz CT molecular complexity index is 1580. The van der Waals surface area contributed by atoms with Crippen LogP contribution in [0.4, 0.5) is 8.78 Å². The van der Waals surface area contributed by atoms with Gasteiger partial charge in [0.2, 0.25) is 0 Å². The van der Waals surface area contributed by atoms with Crippen LogP contribution in [0.2, 0.25) is 0 Å². The second-order valence-corrected chi connectivity index (χ2v) is 10.5. The number of aryl methyl sites for hydroxylation is 1. The second kappa shape index (κ2) is 24.6.